The number of carbonyl (C=O) groups is 3. The molecule has 1 N–H and O–H groups in total. The number of hydrogen-bond donors (Lipinski definition) is 1. The standard InChI is InChI=1S/C26H26N2O6S/c1-17-14-15-20(35(32,33)28(3)4)16-23(17)27-25(30)18(2)34-26(31)22-13-9-8-12-21(22)24(29)19-10-6-5-7-11-19/h5-16,18H,1-4H3,(H,27,30). The fourth-order valence-corrected chi connectivity index (χ4v) is 4.15. The van der Waals surface area contributed by atoms with Crippen molar-refractivity contribution < 1.29 is 27.5 Å². The molecular formula is C26H26N2O6S. The predicted octanol–water partition coefficient (Wildman–Crippen LogP) is 3.66. The molecule has 9 heteroatoms. The van der Waals surface area contributed by atoms with Crippen LogP contribution in [0.3, 0.4) is 0 Å². The molecule has 0 heterocycles. The second-order valence-electron chi connectivity index (χ2n) is 8.04. The highest BCUT2D eigenvalue weighted by Crippen LogP contribution is 2.23. The molecule has 0 aromatic heterocycles. The van der Waals surface area contributed by atoms with Crippen LogP contribution in [0.5, 0.6) is 0 Å². The molecule has 0 saturated heterocycles. The number of esters is 1. The van der Waals surface area contributed by atoms with Gasteiger partial charge in [-0.2, -0.15) is 0 Å². The summed E-state index contributed by atoms with van der Waals surface area (Å²) in [6, 6.07) is 19.1. The Morgan fingerprint density at radius 2 is 1.49 bits per heavy atom. The predicted molar refractivity (Wildman–Crippen MR) is 132 cm³/mol. The summed E-state index contributed by atoms with van der Waals surface area (Å²) in [6.07, 6.45) is -1.21. The fraction of sp³-hybridized carbons (Fsp3) is 0.192. The van der Waals surface area contributed by atoms with Crippen molar-refractivity contribution in [1.29, 1.82) is 0 Å². The van der Waals surface area contributed by atoms with E-state index < -0.39 is 28.0 Å². The minimum absolute atomic E-state index is 0.0152. The molecule has 3 aromatic carbocycles. The van der Waals surface area contributed by atoms with Crippen molar-refractivity contribution in [2.45, 2.75) is 24.8 Å². The highest BCUT2D eigenvalue weighted by atomic mass is 32.2. The van der Waals surface area contributed by atoms with Gasteiger partial charge in [0.1, 0.15) is 0 Å². The zero-order valence-corrected chi connectivity index (χ0v) is 20.6. The van der Waals surface area contributed by atoms with Crippen LogP contribution < -0.4 is 5.32 Å². The Labute approximate surface area is 204 Å². The molecule has 1 amide bonds. The van der Waals surface area contributed by atoms with Gasteiger partial charge in [-0.15, -0.1) is 0 Å². The molecule has 0 fully saturated rings. The molecule has 3 rings (SSSR count). The van der Waals surface area contributed by atoms with E-state index in [1.165, 1.54) is 45.3 Å². The van der Waals surface area contributed by atoms with Crippen molar-refractivity contribution >= 4 is 33.4 Å². The number of ether oxygens (including phenoxy) is 1. The molecule has 0 spiro atoms. The van der Waals surface area contributed by atoms with Gasteiger partial charge in [0.25, 0.3) is 5.91 Å². The van der Waals surface area contributed by atoms with E-state index in [0.29, 0.717) is 11.1 Å². The van der Waals surface area contributed by atoms with Crippen LogP contribution in [0.2, 0.25) is 0 Å². The van der Waals surface area contributed by atoms with Crippen molar-refractivity contribution in [3.8, 4) is 0 Å². The SMILES string of the molecule is Cc1ccc(S(=O)(=O)N(C)C)cc1NC(=O)C(C)OC(=O)c1ccccc1C(=O)c1ccccc1. The molecule has 0 bridgehead atoms. The zero-order chi connectivity index (χ0) is 25.8. The van der Waals surface area contributed by atoms with Crippen LogP contribution >= 0.6 is 0 Å². The van der Waals surface area contributed by atoms with Gasteiger partial charge < -0.3 is 10.1 Å². The summed E-state index contributed by atoms with van der Waals surface area (Å²) in [4.78, 5) is 38.5. The van der Waals surface area contributed by atoms with E-state index in [-0.39, 0.29) is 27.5 Å². The quantitative estimate of drug-likeness (QED) is 0.378. The highest BCUT2D eigenvalue weighted by Gasteiger charge is 2.25. The van der Waals surface area contributed by atoms with E-state index >= 15 is 0 Å². The van der Waals surface area contributed by atoms with E-state index in [0.717, 1.165) is 4.31 Å². The molecule has 8 nitrogen and oxygen atoms in total. The number of sulfonamides is 1. The van der Waals surface area contributed by atoms with Crippen molar-refractivity contribution in [2.24, 2.45) is 0 Å². The topological polar surface area (TPSA) is 110 Å². The van der Waals surface area contributed by atoms with Gasteiger partial charge in [-0.3, -0.25) is 9.59 Å². The number of rotatable bonds is 8. The van der Waals surface area contributed by atoms with Gasteiger partial charge in [0.2, 0.25) is 10.0 Å². The Morgan fingerprint density at radius 3 is 2.11 bits per heavy atom. The zero-order valence-electron chi connectivity index (χ0n) is 19.8. The second kappa shape index (κ2) is 10.6. The molecule has 0 aliphatic rings. The molecular weight excluding hydrogens is 468 g/mol. The van der Waals surface area contributed by atoms with Crippen LogP contribution in [-0.4, -0.2) is 50.6 Å². The van der Waals surface area contributed by atoms with Crippen LogP contribution in [0.4, 0.5) is 5.69 Å². The van der Waals surface area contributed by atoms with E-state index in [4.69, 9.17) is 4.74 Å². The summed E-state index contributed by atoms with van der Waals surface area (Å²) in [5, 5.41) is 2.62. The van der Waals surface area contributed by atoms with Crippen LogP contribution in [0.25, 0.3) is 0 Å². The van der Waals surface area contributed by atoms with Crippen molar-refractivity contribution in [1.82, 2.24) is 4.31 Å². The molecule has 1 unspecified atom stereocenters. The lowest BCUT2D eigenvalue weighted by Gasteiger charge is -2.17. The Balaban J connectivity index is 1.77. The maximum absolute atomic E-state index is 12.9. The smallest absolute Gasteiger partial charge is 0.339 e. The highest BCUT2D eigenvalue weighted by molar-refractivity contribution is 7.89. The summed E-state index contributed by atoms with van der Waals surface area (Å²) < 4.78 is 31.3. The number of anilines is 1. The normalized spacial score (nSPS) is 12.1. The number of ketones is 1. The summed E-state index contributed by atoms with van der Waals surface area (Å²) in [6.45, 7) is 3.11. The lowest BCUT2D eigenvalue weighted by molar-refractivity contribution is -0.123. The maximum atomic E-state index is 12.9. The van der Waals surface area contributed by atoms with Gasteiger partial charge in [0, 0.05) is 30.9 Å². The third-order valence-electron chi connectivity index (χ3n) is 5.33. The minimum atomic E-state index is -3.70. The molecule has 0 radical (unpaired) electrons. The third kappa shape index (κ3) is 5.82. The van der Waals surface area contributed by atoms with Crippen LogP contribution in [-0.2, 0) is 19.6 Å². The lowest BCUT2D eigenvalue weighted by Crippen LogP contribution is -2.31. The monoisotopic (exact) mass is 494 g/mol. The largest absolute Gasteiger partial charge is 0.449 e. The van der Waals surface area contributed by atoms with Crippen molar-refractivity contribution in [3.05, 3.63) is 95.1 Å². The number of aryl methyl sites for hydroxylation is 1. The average Bonchev–Trinajstić information content (AvgIpc) is 2.85. The van der Waals surface area contributed by atoms with E-state index in [1.54, 1.807) is 55.5 Å². The molecule has 0 aliphatic carbocycles. The minimum Gasteiger partial charge on any atom is -0.449 e. The first kappa shape index (κ1) is 25.8. The van der Waals surface area contributed by atoms with E-state index in [9.17, 15) is 22.8 Å². The first-order valence-electron chi connectivity index (χ1n) is 10.8. The number of nitrogens with zero attached hydrogens (tertiary/aromatic N) is 1. The fourth-order valence-electron chi connectivity index (χ4n) is 3.22. The van der Waals surface area contributed by atoms with E-state index in [2.05, 4.69) is 5.32 Å². The average molecular weight is 495 g/mol. The van der Waals surface area contributed by atoms with Crippen LogP contribution in [0.15, 0.2) is 77.7 Å². The molecule has 0 aliphatic heterocycles. The Hall–Kier alpha value is -3.82. The molecule has 35 heavy (non-hydrogen) atoms. The summed E-state index contributed by atoms with van der Waals surface area (Å²) in [5.74, 6) is -1.81. The van der Waals surface area contributed by atoms with Crippen molar-refractivity contribution in [2.75, 3.05) is 19.4 Å². The van der Waals surface area contributed by atoms with Gasteiger partial charge in [-0.25, -0.2) is 17.5 Å². The lowest BCUT2D eigenvalue weighted by atomic mass is 9.98. The number of carbonyl (C=O) groups excluding carboxylic acids is 3. The third-order valence-corrected chi connectivity index (χ3v) is 7.14. The van der Waals surface area contributed by atoms with Crippen LogP contribution in [0.1, 0.15) is 38.8 Å². The first-order chi connectivity index (χ1) is 16.5. The van der Waals surface area contributed by atoms with Gasteiger partial charge in [-0.1, -0.05) is 54.6 Å². The number of benzene rings is 3. The van der Waals surface area contributed by atoms with Gasteiger partial charge in [0.15, 0.2) is 11.9 Å². The van der Waals surface area contributed by atoms with Gasteiger partial charge in [-0.05, 0) is 37.6 Å². The summed E-state index contributed by atoms with van der Waals surface area (Å²) in [5.41, 5.74) is 1.53. The molecule has 3 aromatic rings. The molecule has 1 atom stereocenters. The summed E-state index contributed by atoms with van der Waals surface area (Å²) in [7, 11) is -0.874. The van der Waals surface area contributed by atoms with Crippen LogP contribution in [0, 0.1) is 6.92 Å². The maximum Gasteiger partial charge on any atom is 0.339 e. The van der Waals surface area contributed by atoms with Gasteiger partial charge in [0.05, 0.1) is 10.5 Å². The number of hydrogen-bond acceptors (Lipinski definition) is 6. The summed E-state index contributed by atoms with van der Waals surface area (Å²) >= 11 is 0. The van der Waals surface area contributed by atoms with E-state index in [1.807, 2.05) is 0 Å². The Bertz CT molecular complexity index is 1370. The second-order valence-corrected chi connectivity index (χ2v) is 10.2. The van der Waals surface area contributed by atoms with Crippen molar-refractivity contribution in [3.63, 3.8) is 0 Å². The number of amides is 1. The Morgan fingerprint density at radius 1 is 0.886 bits per heavy atom. The Kier molecular flexibility index (Phi) is 7.83. The molecule has 182 valence electrons. The van der Waals surface area contributed by atoms with Gasteiger partial charge >= 0.3 is 5.97 Å². The molecule has 0 saturated carbocycles. The number of nitrogens with one attached hydrogen (secondary N) is 1. The first-order valence-corrected chi connectivity index (χ1v) is 12.2.